The van der Waals surface area contributed by atoms with E-state index in [1.54, 1.807) is 6.07 Å². The van der Waals surface area contributed by atoms with Crippen LogP contribution in [0.2, 0.25) is 0 Å². The van der Waals surface area contributed by atoms with E-state index in [0.717, 1.165) is 16.4 Å². The van der Waals surface area contributed by atoms with Gasteiger partial charge in [-0.1, -0.05) is 11.8 Å². The molecule has 2 aromatic rings. The molecule has 0 saturated heterocycles. The second-order valence-corrected chi connectivity index (χ2v) is 5.40. The maximum atomic E-state index is 12.1. The number of aryl methyl sites for hydroxylation is 1. The fraction of sp³-hybridized carbons (Fsp3) is 0.267. The number of carbonyl (C=O) groups is 1. The maximum Gasteiger partial charge on any atom is 0.261 e. The quantitative estimate of drug-likeness (QED) is 0.852. The highest BCUT2D eigenvalue weighted by Crippen LogP contribution is 2.19. The maximum absolute atomic E-state index is 12.1. The molecule has 0 radical (unpaired) electrons. The van der Waals surface area contributed by atoms with Crippen molar-refractivity contribution in [2.24, 2.45) is 5.73 Å². The number of nitrogens with one attached hydrogen (secondary N) is 1. The van der Waals surface area contributed by atoms with Crippen LogP contribution < -0.4 is 11.1 Å². The van der Waals surface area contributed by atoms with Crippen LogP contribution in [0, 0.1) is 18.8 Å². The fourth-order valence-electron chi connectivity index (χ4n) is 1.69. The summed E-state index contributed by atoms with van der Waals surface area (Å²) in [5.41, 5.74) is 5.32. The van der Waals surface area contributed by atoms with E-state index in [1.807, 2.05) is 32.0 Å². The molecule has 2 rings (SSSR count). The summed E-state index contributed by atoms with van der Waals surface area (Å²) in [6, 6.07) is 7.16. The number of hydrogen-bond acceptors (Lipinski definition) is 4. The summed E-state index contributed by atoms with van der Waals surface area (Å²) in [4.78, 5) is 13.6. The number of nitrogens with two attached hydrogens (primary N) is 1. The van der Waals surface area contributed by atoms with Gasteiger partial charge in [-0.05, 0) is 38.1 Å². The van der Waals surface area contributed by atoms with Crippen LogP contribution in [-0.2, 0) is 0 Å². The molecule has 0 aliphatic carbocycles. The van der Waals surface area contributed by atoms with Crippen LogP contribution in [0.15, 0.2) is 28.7 Å². The van der Waals surface area contributed by atoms with Gasteiger partial charge in [-0.15, -0.1) is 11.3 Å². The zero-order chi connectivity index (χ0) is 14.5. The Hall–Kier alpha value is -2.03. The van der Waals surface area contributed by atoms with Gasteiger partial charge in [0.1, 0.15) is 11.5 Å². The molecule has 20 heavy (non-hydrogen) atoms. The predicted octanol–water partition coefficient (Wildman–Crippen LogP) is 2.45. The summed E-state index contributed by atoms with van der Waals surface area (Å²) in [6.07, 6.45) is 0. The normalized spacial score (nSPS) is 11.6. The molecule has 2 aromatic heterocycles. The Kier molecular flexibility index (Phi) is 4.61. The van der Waals surface area contributed by atoms with Gasteiger partial charge < -0.3 is 15.5 Å². The molecule has 4 nitrogen and oxygen atoms in total. The molecular formula is C15H16N2O2S. The largest absolute Gasteiger partial charge is 0.464 e. The molecule has 104 valence electrons. The lowest BCUT2D eigenvalue weighted by Gasteiger charge is -2.10. The van der Waals surface area contributed by atoms with Gasteiger partial charge >= 0.3 is 0 Å². The highest BCUT2D eigenvalue weighted by atomic mass is 32.1. The summed E-state index contributed by atoms with van der Waals surface area (Å²) < 4.78 is 5.49. The molecule has 2 heterocycles. The van der Waals surface area contributed by atoms with E-state index >= 15 is 0 Å². The van der Waals surface area contributed by atoms with Crippen molar-refractivity contribution < 1.29 is 9.21 Å². The first kappa shape index (κ1) is 14.4. The second-order valence-electron chi connectivity index (χ2n) is 4.31. The van der Waals surface area contributed by atoms with E-state index in [4.69, 9.17) is 10.2 Å². The van der Waals surface area contributed by atoms with Crippen LogP contribution in [0.5, 0.6) is 0 Å². The van der Waals surface area contributed by atoms with Crippen LogP contribution in [0.3, 0.4) is 0 Å². The third kappa shape index (κ3) is 3.50. The van der Waals surface area contributed by atoms with Gasteiger partial charge in [0.25, 0.3) is 5.91 Å². The Morgan fingerprint density at radius 3 is 2.90 bits per heavy atom. The van der Waals surface area contributed by atoms with Crippen LogP contribution in [0.25, 0.3) is 0 Å². The lowest BCUT2D eigenvalue weighted by molar-refractivity contribution is 0.0939. The first-order chi connectivity index (χ1) is 9.60. The van der Waals surface area contributed by atoms with Gasteiger partial charge in [-0.2, -0.15) is 0 Å². The molecule has 0 aliphatic heterocycles. The highest BCUT2D eigenvalue weighted by Gasteiger charge is 2.15. The van der Waals surface area contributed by atoms with Gasteiger partial charge in [0, 0.05) is 0 Å². The first-order valence-corrected chi connectivity index (χ1v) is 7.07. The topological polar surface area (TPSA) is 68.3 Å². The van der Waals surface area contributed by atoms with E-state index < -0.39 is 0 Å². The standard InChI is InChI=1S/C15H16N2O2S/c1-10-5-7-13(19-10)11(2)17-15(18)14-8-6-12(20-14)4-3-9-16/h5-8,11H,9,16H2,1-2H3,(H,17,18). The lowest BCUT2D eigenvalue weighted by Crippen LogP contribution is -2.25. The minimum atomic E-state index is -0.170. The fourth-order valence-corrected chi connectivity index (χ4v) is 2.47. The van der Waals surface area contributed by atoms with Crippen molar-refractivity contribution in [3.8, 4) is 11.8 Å². The monoisotopic (exact) mass is 288 g/mol. The Morgan fingerprint density at radius 2 is 2.25 bits per heavy atom. The smallest absolute Gasteiger partial charge is 0.261 e. The molecule has 0 bridgehead atoms. The van der Waals surface area contributed by atoms with Crippen LogP contribution in [0.1, 0.15) is 39.0 Å². The van der Waals surface area contributed by atoms with Crippen LogP contribution in [-0.4, -0.2) is 12.5 Å². The number of amides is 1. The number of furan rings is 1. The number of thiophene rings is 1. The van der Waals surface area contributed by atoms with E-state index in [0.29, 0.717) is 11.4 Å². The molecule has 1 unspecified atom stereocenters. The van der Waals surface area contributed by atoms with E-state index in [2.05, 4.69) is 17.2 Å². The summed E-state index contributed by atoms with van der Waals surface area (Å²) in [7, 11) is 0. The van der Waals surface area contributed by atoms with Crippen molar-refractivity contribution in [2.75, 3.05) is 6.54 Å². The third-order valence-electron chi connectivity index (χ3n) is 2.68. The van der Waals surface area contributed by atoms with E-state index in [1.165, 1.54) is 11.3 Å². The average molecular weight is 288 g/mol. The van der Waals surface area contributed by atoms with Crippen molar-refractivity contribution in [2.45, 2.75) is 19.9 Å². The van der Waals surface area contributed by atoms with Gasteiger partial charge in [-0.25, -0.2) is 0 Å². The van der Waals surface area contributed by atoms with Gasteiger partial charge in [0.2, 0.25) is 0 Å². The molecule has 1 atom stereocenters. The van der Waals surface area contributed by atoms with Gasteiger partial charge in [0.05, 0.1) is 22.3 Å². The summed E-state index contributed by atoms with van der Waals surface area (Å²) in [5.74, 6) is 7.13. The first-order valence-electron chi connectivity index (χ1n) is 6.26. The zero-order valence-corrected chi connectivity index (χ0v) is 12.2. The van der Waals surface area contributed by atoms with E-state index in [9.17, 15) is 4.79 Å². The molecule has 0 spiro atoms. The molecule has 3 N–H and O–H groups in total. The van der Waals surface area contributed by atoms with Crippen molar-refractivity contribution in [1.29, 1.82) is 0 Å². The summed E-state index contributed by atoms with van der Waals surface area (Å²) in [6.45, 7) is 4.08. The summed E-state index contributed by atoms with van der Waals surface area (Å²) >= 11 is 1.35. The van der Waals surface area contributed by atoms with Crippen molar-refractivity contribution in [3.63, 3.8) is 0 Å². The third-order valence-corrected chi connectivity index (χ3v) is 3.68. The van der Waals surface area contributed by atoms with Crippen molar-refractivity contribution in [3.05, 3.63) is 45.5 Å². The molecule has 0 fully saturated rings. The number of carbonyl (C=O) groups excluding carboxylic acids is 1. The minimum Gasteiger partial charge on any atom is -0.464 e. The SMILES string of the molecule is Cc1ccc(C(C)NC(=O)c2ccc(C#CCN)s2)o1. The van der Waals surface area contributed by atoms with Crippen LogP contribution >= 0.6 is 11.3 Å². The molecule has 0 aliphatic rings. The van der Waals surface area contributed by atoms with Crippen molar-refractivity contribution >= 4 is 17.2 Å². The zero-order valence-electron chi connectivity index (χ0n) is 11.4. The van der Waals surface area contributed by atoms with Crippen LogP contribution in [0.4, 0.5) is 0 Å². The Labute approximate surface area is 122 Å². The molecule has 5 heteroatoms. The number of hydrogen-bond donors (Lipinski definition) is 2. The average Bonchev–Trinajstić information content (AvgIpc) is 3.05. The molecule has 0 saturated carbocycles. The second kappa shape index (κ2) is 6.42. The Bertz CT molecular complexity index is 661. The summed E-state index contributed by atoms with van der Waals surface area (Å²) in [5, 5.41) is 2.90. The van der Waals surface area contributed by atoms with Gasteiger partial charge in [-0.3, -0.25) is 4.79 Å². The number of rotatable bonds is 3. The lowest BCUT2D eigenvalue weighted by atomic mass is 10.2. The highest BCUT2D eigenvalue weighted by molar-refractivity contribution is 7.14. The molecular weight excluding hydrogens is 272 g/mol. The minimum absolute atomic E-state index is 0.127. The molecule has 1 amide bonds. The Balaban J connectivity index is 2.02. The van der Waals surface area contributed by atoms with Crippen molar-refractivity contribution in [1.82, 2.24) is 5.32 Å². The Morgan fingerprint density at radius 1 is 1.45 bits per heavy atom. The molecule has 0 aromatic carbocycles. The predicted molar refractivity (Wildman–Crippen MR) is 79.6 cm³/mol. The van der Waals surface area contributed by atoms with E-state index in [-0.39, 0.29) is 11.9 Å². The van der Waals surface area contributed by atoms with Gasteiger partial charge in [0.15, 0.2) is 0 Å².